The van der Waals surface area contributed by atoms with Gasteiger partial charge in [-0.2, -0.15) is 0 Å². The molecule has 0 heterocycles. The van der Waals surface area contributed by atoms with E-state index in [0.29, 0.717) is 0 Å². The van der Waals surface area contributed by atoms with Crippen LogP contribution >= 0.6 is 0 Å². The fraction of sp³-hybridized carbons (Fsp3) is 0.529. The van der Waals surface area contributed by atoms with Gasteiger partial charge in [-0.05, 0) is 58.9 Å². The molecule has 0 fully saturated rings. The highest BCUT2D eigenvalue weighted by atomic mass is 32.2. The van der Waals surface area contributed by atoms with Crippen molar-refractivity contribution in [2.75, 3.05) is 6.26 Å². The van der Waals surface area contributed by atoms with Gasteiger partial charge in [-0.15, -0.1) is 0 Å². The molecule has 1 rings (SSSR count). The van der Waals surface area contributed by atoms with E-state index in [1.165, 1.54) is 31.2 Å². The number of ether oxygens (including phenoxy) is 1. The first-order chi connectivity index (χ1) is 10.9. The van der Waals surface area contributed by atoms with Crippen LogP contribution in [0.25, 0.3) is 0 Å². The summed E-state index contributed by atoms with van der Waals surface area (Å²) in [7, 11) is -3.32. The highest BCUT2D eigenvalue weighted by molar-refractivity contribution is 7.90. The van der Waals surface area contributed by atoms with Crippen molar-refractivity contribution >= 4 is 21.7 Å². The molecule has 0 bridgehead atoms. The average molecular weight is 355 g/mol. The third kappa shape index (κ3) is 5.06. The van der Waals surface area contributed by atoms with E-state index >= 15 is 0 Å². The fourth-order valence-corrected chi connectivity index (χ4v) is 3.06. The van der Waals surface area contributed by atoms with Crippen LogP contribution < -0.4 is 0 Å². The van der Waals surface area contributed by atoms with Gasteiger partial charge >= 0.3 is 5.97 Å². The van der Waals surface area contributed by atoms with Gasteiger partial charge in [0.1, 0.15) is 0 Å². The number of hydrogen-bond acceptors (Lipinski definition) is 5. The minimum absolute atomic E-state index is 0.00676. The highest BCUT2D eigenvalue weighted by Gasteiger charge is 2.28. The van der Waals surface area contributed by atoms with E-state index < -0.39 is 21.9 Å². The molecule has 0 aromatic heterocycles. The molecule has 134 valence electrons. The summed E-state index contributed by atoms with van der Waals surface area (Å²) in [5, 5.41) is 0. The zero-order chi connectivity index (χ0) is 18.7. The minimum Gasteiger partial charge on any atom is -0.449 e. The van der Waals surface area contributed by atoms with Crippen molar-refractivity contribution in [1.82, 2.24) is 4.90 Å². The molecule has 0 N–H and O–H groups in total. The van der Waals surface area contributed by atoms with Crippen molar-refractivity contribution in [2.24, 2.45) is 0 Å². The van der Waals surface area contributed by atoms with Gasteiger partial charge in [0.2, 0.25) is 0 Å². The maximum atomic E-state index is 12.4. The van der Waals surface area contributed by atoms with Crippen LogP contribution in [0.2, 0.25) is 0 Å². The summed E-state index contributed by atoms with van der Waals surface area (Å²) in [6.45, 7) is 9.13. The molecule has 1 atom stereocenters. The van der Waals surface area contributed by atoms with Crippen LogP contribution in [0.4, 0.5) is 0 Å². The molecule has 1 aromatic rings. The number of carbonyl (C=O) groups excluding carboxylic acids is 2. The summed E-state index contributed by atoms with van der Waals surface area (Å²) in [4.78, 5) is 26.4. The average Bonchev–Trinajstić information content (AvgIpc) is 2.45. The van der Waals surface area contributed by atoms with Gasteiger partial charge in [0, 0.05) is 18.3 Å². The Kier molecular flexibility index (Phi) is 6.54. The number of benzene rings is 1. The number of sulfone groups is 1. The van der Waals surface area contributed by atoms with E-state index in [-0.39, 0.29) is 28.4 Å². The molecular weight excluding hydrogens is 330 g/mol. The molecule has 0 spiro atoms. The Morgan fingerprint density at radius 1 is 0.958 bits per heavy atom. The maximum Gasteiger partial charge on any atom is 0.338 e. The van der Waals surface area contributed by atoms with Crippen molar-refractivity contribution in [1.29, 1.82) is 0 Å². The van der Waals surface area contributed by atoms with Crippen LogP contribution in [0.5, 0.6) is 0 Å². The van der Waals surface area contributed by atoms with Crippen LogP contribution in [0.3, 0.4) is 0 Å². The van der Waals surface area contributed by atoms with Gasteiger partial charge in [-0.1, -0.05) is 0 Å². The number of amides is 1. The lowest BCUT2D eigenvalue weighted by Crippen LogP contribution is -2.47. The molecule has 1 amide bonds. The second-order valence-corrected chi connectivity index (χ2v) is 8.29. The first-order valence-electron chi connectivity index (χ1n) is 7.78. The van der Waals surface area contributed by atoms with Crippen LogP contribution in [0.1, 0.15) is 45.0 Å². The monoisotopic (exact) mass is 355 g/mol. The Morgan fingerprint density at radius 2 is 1.42 bits per heavy atom. The van der Waals surface area contributed by atoms with Gasteiger partial charge in [-0.25, -0.2) is 13.2 Å². The lowest BCUT2D eigenvalue weighted by molar-refractivity contribution is -0.143. The molecule has 0 radical (unpaired) electrons. The third-order valence-electron chi connectivity index (χ3n) is 3.52. The largest absolute Gasteiger partial charge is 0.449 e. The van der Waals surface area contributed by atoms with E-state index in [1.807, 2.05) is 27.7 Å². The maximum absolute atomic E-state index is 12.4. The Labute approximate surface area is 143 Å². The molecule has 0 aliphatic carbocycles. The fourth-order valence-electron chi connectivity index (χ4n) is 2.43. The van der Waals surface area contributed by atoms with Gasteiger partial charge in [0.25, 0.3) is 5.91 Å². The molecule has 1 aromatic carbocycles. The minimum atomic E-state index is -3.32. The van der Waals surface area contributed by atoms with E-state index in [0.717, 1.165) is 6.26 Å². The van der Waals surface area contributed by atoms with E-state index in [9.17, 15) is 18.0 Å². The van der Waals surface area contributed by atoms with Gasteiger partial charge in [0.15, 0.2) is 15.9 Å². The standard InChI is InChI=1S/C17H25NO5S/c1-11(2)18(12(3)4)16(19)13(5)23-17(20)14-7-9-15(10-8-14)24(6,21)22/h7-13H,1-6H3/t13-/m1/s1. The zero-order valence-electron chi connectivity index (χ0n) is 14.9. The van der Waals surface area contributed by atoms with Crippen molar-refractivity contribution < 1.29 is 22.7 Å². The normalized spacial score (nSPS) is 13.0. The SMILES string of the molecule is CC(C)N(C(=O)[C@@H](C)OC(=O)c1ccc(S(C)(=O)=O)cc1)C(C)C. The number of nitrogens with zero attached hydrogens (tertiary/aromatic N) is 1. The second kappa shape index (κ2) is 7.79. The van der Waals surface area contributed by atoms with Crippen LogP contribution in [-0.2, 0) is 19.4 Å². The quantitative estimate of drug-likeness (QED) is 0.731. The Hall–Kier alpha value is -1.89. The molecule has 24 heavy (non-hydrogen) atoms. The van der Waals surface area contributed by atoms with Crippen molar-refractivity contribution in [3.05, 3.63) is 29.8 Å². The molecule has 0 unspecified atom stereocenters. The molecule has 7 heteroatoms. The van der Waals surface area contributed by atoms with E-state index in [1.54, 1.807) is 4.90 Å². The third-order valence-corrected chi connectivity index (χ3v) is 4.65. The van der Waals surface area contributed by atoms with Gasteiger partial charge in [0.05, 0.1) is 10.5 Å². The molecule has 0 aliphatic rings. The smallest absolute Gasteiger partial charge is 0.338 e. The highest BCUT2D eigenvalue weighted by Crippen LogP contribution is 2.14. The van der Waals surface area contributed by atoms with Crippen molar-refractivity contribution in [3.8, 4) is 0 Å². The number of carbonyl (C=O) groups is 2. The molecule has 0 saturated heterocycles. The van der Waals surface area contributed by atoms with Crippen LogP contribution in [-0.4, -0.2) is 49.6 Å². The summed E-state index contributed by atoms with van der Waals surface area (Å²) in [5.74, 6) is -0.926. The molecule has 6 nitrogen and oxygen atoms in total. The predicted molar refractivity (Wildman–Crippen MR) is 91.5 cm³/mol. The Morgan fingerprint density at radius 3 is 1.79 bits per heavy atom. The van der Waals surface area contributed by atoms with Crippen LogP contribution in [0, 0.1) is 0 Å². The summed E-state index contributed by atoms with van der Waals surface area (Å²) < 4.78 is 28.1. The van der Waals surface area contributed by atoms with Gasteiger partial charge in [-0.3, -0.25) is 4.79 Å². The number of esters is 1. The summed E-state index contributed by atoms with van der Waals surface area (Å²) in [5.41, 5.74) is 0.197. The summed E-state index contributed by atoms with van der Waals surface area (Å²) in [6.07, 6.45) is 0.171. The summed E-state index contributed by atoms with van der Waals surface area (Å²) >= 11 is 0. The van der Waals surface area contributed by atoms with Crippen LogP contribution in [0.15, 0.2) is 29.2 Å². The van der Waals surface area contributed by atoms with E-state index in [2.05, 4.69) is 0 Å². The first kappa shape index (κ1) is 20.2. The van der Waals surface area contributed by atoms with Gasteiger partial charge < -0.3 is 9.64 Å². The number of rotatable bonds is 6. The van der Waals surface area contributed by atoms with E-state index in [4.69, 9.17) is 4.74 Å². The van der Waals surface area contributed by atoms with Crippen molar-refractivity contribution in [2.45, 2.75) is 57.7 Å². The lowest BCUT2D eigenvalue weighted by Gasteiger charge is -2.32. The molecule has 0 saturated carbocycles. The molecular formula is C17H25NO5S. The second-order valence-electron chi connectivity index (χ2n) is 6.28. The topological polar surface area (TPSA) is 80.8 Å². The Balaban J connectivity index is 2.85. The summed E-state index contributed by atoms with van der Waals surface area (Å²) in [6, 6.07) is 5.41. The van der Waals surface area contributed by atoms with Crippen molar-refractivity contribution in [3.63, 3.8) is 0 Å². The first-order valence-corrected chi connectivity index (χ1v) is 9.67. The number of hydrogen-bond donors (Lipinski definition) is 0. The zero-order valence-corrected chi connectivity index (χ0v) is 15.8. The molecule has 0 aliphatic heterocycles. The lowest BCUT2D eigenvalue weighted by atomic mass is 10.2. The predicted octanol–water partition coefficient (Wildman–Crippen LogP) is 2.28. The Bertz CT molecular complexity index is 684.